The Morgan fingerprint density at radius 2 is 1.74 bits per heavy atom. The number of rotatable bonds is 3. The highest BCUT2D eigenvalue weighted by molar-refractivity contribution is 9.10. The van der Waals surface area contributed by atoms with Gasteiger partial charge in [-0.05, 0) is 45.3 Å². The normalized spacial score (nSPS) is 12.5. The van der Waals surface area contributed by atoms with Crippen LogP contribution < -0.4 is 11.3 Å². The van der Waals surface area contributed by atoms with E-state index in [0.29, 0.717) is 11.1 Å². The first-order valence-electron chi connectivity index (χ1n) is 5.39. The van der Waals surface area contributed by atoms with Crippen molar-refractivity contribution < 1.29 is 13.2 Å². The van der Waals surface area contributed by atoms with Gasteiger partial charge in [-0.15, -0.1) is 0 Å². The van der Waals surface area contributed by atoms with Crippen LogP contribution in [0.2, 0.25) is 0 Å². The van der Waals surface area contributed by atoms with Crippen LogP contribution in [0.1, 0.15) is 17.2 Å². The zero-order valence-corrected chi connectivity index (χ0v) is 11.2. The minimum atomic E-state index is -0.981. The quantitative estimate of drug-likeness (QED) is 0.668. The molecule has 0 saturated heterocycles. The van der Waals surface area contributed by atoms with Gasteiger partial charge >= 0.3 is 0 Å². The highest BCUT2D eigenvalue weighted by atomic mass is 79.9. The smallest absolute Gasteiger partial charge is 0.159 e. The Balaban J connectivity index is 2.50. The summed E-state index contributed by atoms with van der Waals surface area (Å²) < 4.78 is 39.9. The molecular formula is C13H10BrF3N2. The molecule has 2 rings (SSSR count). The molecule has 1 unspecified atom stereocenters. The van der Waals surface area contributed by atoms with Crippen molar-refractivity contribution >= 4 is 15.9 Å². The summed E-state index contributed by atoms with van der Waals surface area (Å²) in [4.78, 5) is 0. The first-order valence-corrected chi connectivity index (χ1v) is 6.19. The second kappa shape index (κ2) is 5.73. The number of benzene rings is 2. The standard InChI is InChI=1S/C13H10BrF3N2/c14-12-8(2-1-3-10(12)16)13(19-18)7-4-5-9(15)11(17)6-7/h1-6,13,19H,18H2. The topological polar surface area (TPSA) is 38.0 Å². The van der Waals surface area contributed by atoms with Crippen molar-refractivity contribution in [3.8, 4) is 0 Å². The van der Waals surface area contributed by atoms with E-state index in [9.17, 15) is 13.2 Å². The predicted molar refractivity (Wildman–Crippen MR) is 69.6 cm³/mol. The lowest BCUT2D eigenvalue weighted by Gasteiger charge is -2.18. The van der Waals surface area contributed by atoms with E-state index in [1.165, 1.54) is 18.2 Å². The lowest BCUT2D eigenvalue weighted by Crippen LogP contribution is -2.29. The lowest BCUT2D eigenvalue weighted by molar-refractivity contribution is 0.503. The van der Waals surface area contributed by atoms with Gasteiger partial charge in [0.15, 0.2) is 11.6 Å². The van der Waals surface area contributed by atoms with Crippen molar-refractivity contribution in [3.05, 3.63) is 69.4 Å². The molecule has 0 saturated carbocycles. The molecule has 6 heteroatoms. The Morgan fingerprint density at radius 3 is 2.37 bits per heavy atom. The van der Waals surface area contributed by atoms with Crippen LogP contribution in [0.3, 0.4) is 0 Å². The molecule has 2 nitrogen and oxygen atoms in total. The first kappa shape index (κ1) is 14.0. The molecule has 0 aliphatic carbocycles. The SMILES string of the molecule is NNC(c1ccc(F)c(F)c1)c1cccc(F)c1Br. The van der Waals surface area contributed by atoms with E-state index in [4.69, 9.17) is 5.84 Å². The molecule has 1 atom stereocenters. The Labute approximate surface area is 116 Å². The van der Waals surface area contributed by atoms with E-state index in [-0.39, 0.29) is 4.47 Å². The fraction of sp³-hybridized carbons (Fsp3) is 0.0769. The molecule has 0 spiro atoms. The van der Waals surface area contributed by atoms with Crippen molar-refractivity contribution in [1.29, 1.82) is 0 Å². The number of hydrogen-bond donors (Lipinski definition) is 2. The predicted octanol–water partition coefficient (Wildman–Crippen LogP) is 3.42. The van der Waals surface area contributed by atoms with Gasteiger partial charge in [0.1, 0.15) is 5.82 Å². The van der Waals surface area contributed by atoms with Gasteiger partial charge < -0.3 is 0 Å². The maximum Gasteiger partial charge on any atom is 0.159 e. The number of halogens is 4. The maximum absolute atomic E-state index is 13.5. The Morgan fingerprint density at radius 1 is 1.00 bits per heavy atom. The minimum absolute atomic E-state index is 0.225. The molecule has 0 bridgehead atoms. The van der Waals surface area contributed by atoms with Crippen molar-refractivity contribution in [1.82, 2.24) is 5.43 Å². The Kier molecular flexibility index (Phi) is 4.24. The largest absolute Gasteiger partial charge is 0.271 e. The maximum atomic E-state index is 13.5. The van der Waals surface area contributed by atoms with Gasteiger partial charge in [-0.2, -0.15) is 0 Å². The third-order valence-electron chi connectivity index (χ3n) is 2.74. The Hall–Kier alpha value is -1.37. The molecule has 0 heterocycles. The number of hydrogen-bond acceptors (Lipinski definition) is 2. The van der Waals surface area contributed by atoms with Crippen molar-refractivity contribution in [3.63, 3.8) is 0 Å². The van der Waals surface area contributed by atoms with Crippen LogP contribution in [-0.2, 0) is 0 Å². The molecule has 2 aromatic carbocycles. The average Bonchev–Trinajstić information content (AvgIpc) is 2.39. The molecule has 0 aliphatic rings. The van der Waals surface area contributed by atoms with Crippen LogP contribution in [0, 0.1) is 17.5 Å². The number of nitrogens with one attached hydrogen (secondary N) is 1. The molecule has 0 amide bonds. The van der Waals surface area contributed by atoms with Crippen molar-refractivity contribution in [2.45, 2.75) is 6.04 Å². The summed E-state index contributed by atoms with van der Waals surface area (Å²) in [5, 5.41) is 0. The molecule has 0 radical (unpaired) electrons. The number of hydrazine groups is 1. The van der Waals surface area contributed by atoms with Gasteiger partial charge in [0.2, 0.25) is 0 Å². The van der Waals surface area contributed by atoms with Crippen LogP contribution in [0.25, 0.3) is 0 Å². The molecule has 2 aromatic rings. The second-order valence-corrected chi connectivity index (χ2v) is 4.71. The second-order valence-electron chi connectivity index (χ2n) is 3.92. The summed E-state index contributed by atoms with van der Waals surface area (Å²) in [5.41, 5.74) is 3.35. The summed E-state index contributed by atoms with van der Waals surface area (Å²) in [6.07, 6.45) is 0. The van der Waals surface area contributed by atoms with Crippen LogP contribution in [0.4, 0.5) is 13.2 Å². The molecule has 100 valence electrons. The van der Waals surface area contributed by atoms with E-state index in [2.05, 4.69) is 21.4 Å². The molecule has 0 fully saturated rings. The molecule has 3 N–H and O–H groups in total. The van der Waals surface area contributed by atoms with Gasteiger partial charge in [-0.25, -0.2) is 18.6 Å². The van der Waals surface area contributed by atoms with Crippen LogP contribution >= 0.6 is 15.9 Å². The third-order valence-corrected chi connectivity index (χ3v) is 3.57. The van der Waals surface area contributed by atoms with Crippen molar-refractivity contribution in [2.24, 2.45) is 5.84 Å². The third kappa shape index (κ3) is 2.80. The van der Waals surface area contributed by atoms with Crippen molar-refractivity contribution in [2.75, 3.05) is 0 Å². The van der Waals surface area contributed by atoms with Crippen LogP contribution in [-0.4, -0.2) is 0 Å². The lowest BCUT2D eigenvalue weighted by atomic mass is 9.99. The Bertz CT molecular complexity index is 604. The molecule has 0 aliphatic heterocycles. The van der Waals surface area contributed by atoms with Gasteiger partial charge in [-0.3, -0.25) is 5.84 Å². The summed E-state index contributed by atoms with van der Waals surface area (Å²) in [6, 6.07) is 7.20. The van der Waals surface area contributed by atoms with E-state index in [0.717, 1.165) is 12.1 Å². The van der Waals surface area contributed by atoms with E-state index in [1.54, 1.807) is 6.07 Å². The zero-order valence-electron chi connectivity index (χ0n) is 9.63. The van der Waals surface area contributed by atoms with Crippen LogP contribution in [0.5, 0.6) is 0 Å². The summed E-state index contributed by atoms with van der Waals surface area (Å²) in [6.45, 7) is 0. The van der Waals surface area contributed by atoms with Gasteiger partial charge in [0.05, 0.1) is 10.5 Å². The van der Waals surface area contributed by atoms with E-state index < -0.39 is 23.5 Å². The minimum Gasteiger partial charge on any atom is -0.271 e. The summed E-state index contributed by atoms with van der Waals surface area (Å²) in [5.74, 6) is 3.05. The first-order chi connectivity index (χ1) is 9.04. The molecule has 19 heavy (non-hydrogen) atoms. The summed E-state index contributed by atoms with van der Waals surface area (Å²) >= 11 is 3.11. The monoisotopic (exact) mass is 330 g/mol. The fourth-order valence-corrected chi connectivity index (χ4v) is 2.29. The van der Waals surface area contributed by atoms with Gasteiger partial charge in [-0.1, -0.05) is 18.2 Å². The number of nitrogens with two attached hydrogens (primary N) is 1. The van der Waals surface area contributed by atoms with Crippen LogP contribution in [0.15, 0.2) is 40.9 Å². The highest BCUT2D eigenvalue weighted by Gasteiger charge is 2.18. The molecular weight excluding hydrogens is 321 g/mol. The fourth-order valence-electron chi connectivity index (χ4n) is 1.80. The zero-order chi connectivity index (χ0) is 14.0. The molecule has 0 aromatic heterocycles. The highest BCUT2D eigenvalue weighted by Crippen LogP contribution is 2.30. The summed E-state index contributed by atoms with van der Waals surface area (Å²) in [7, 11) is 0. The van der Waals surface area contributed by atoms with E-state index in [1.807, 2.05) is 0 Å². The van der Waals surface area contributed by atoms with Gasteiger partial charge in [0, 0.05) is 0 Å². The van der Waals surface area contributed by atoms with E-state index >= 15 is 0 Å². The average molecular weight is 331 g/mol. The van der Waals surface area contributed by atoms with Gasteiger partial charge in [0.25, 0.3) is 0 Å².